The number of hydrogen-bond acceptors (Lipinski definition) is 2. The van der Waals surface area contributed by atoms with Crippen LogP contribution in [0.3, 0.4) is 0 Å². The molecule has 4 heteroatoms. The number of rotatable bonds is 5. The summed E-state index contributed by atoms with van der Waals surface area (Å²) in [5, 5.41) is 2.97. The number of carbonyl (C=O) groups excluding carboxylic acids is 2. The summed E-state index contributed by atoms with van der Waals surface area (Å²) in [6.45, 7) is 10.4. The summed E-state index contributed by atoms with van der Waals surface area (Å²) in [4.78, 5) is 27.2. The van der Waals surface area contributed by atoms with Crippen LogP contribution >= 0.6 is 0 Å². The van der Waals surface area contributed by atoms with Gasteiger partial charge in [-0.1, -0.05) is 34.1 Å². The van der Waals surface area contributed by atoms with Crippen molar-refractivity contribution in [2.24, 2.45) is 17.8 Å². The van der Waals surface area contributed by atoms with Crippen molar-refractivity contribution in [1.29, 1.82) is 0 Å². The molecule has 0 radical (unpaired) electrons. The summed E-state index contributed by atoms with van der Waals surface area (Å²) in [7, 11) is 0. The number of amides is 2. The third-order valence-electron chi connectivity index (χ3n) is 5.02. The zero-order valence-corrected chi connectivity index (χ0v) is 13.3. The van der Waals surface area contributed by atoms with Crippen molar-refractivity contribution in [3.05, 3.63) is 0 Å². The second kappa shape index (κ2) is 5.74. The summed E-state index contributed by atoms with van der Waals surface area (Å²) in [5.74, 6) is 1.09. The van der Waals surface area contributed by atoms with E-state index in [0.717, 1.165) is 19.3 Å². The summed E-state index contributed by atoms with van der Waals surface area (Å²) in [5.41, 5.74) is 0. The molecule has 0 aromatic carbocycles. The summed E-state index contributed by atoms with van der Waals surface area (Å²) < 4.78 is 0. The maximum atomic E-state index is 12.8. The minimum absolute atomic E-state index is 0.0339. The molecule has 2 fully saturated rings. The molecule has 0 aromatic heterocycles. The molecule has 1 heterocycles. The Kier molecular flexibility index (Phi) is 4.40. The van der Waals surface area contributed by atoms with Crippen LogP contribution in [0.15, 0.2) is 0 Å². The maximum absolute atomic E-state index is 12.8. The van der Waals surface area contributed by atoms with E-state index in [1.165, 1.54) is 0 Å². The van der Waals surface area contributed by atoms with Crippen molar-refractivity contribution in [3.63, 3.8) is 0 Å². The Morgan fingerprint density at radius 3 is 2.25 bits per heavy atom. The summed E-state index contributed by atoms with van der Waals surface area (Å²) in [6.07, 6.45) is 3.15. The van der Waals surface area contributed by atoms with Crippen LogP contribution in [0.2, 0.25) is 0 Å². The first-order valence-electron chi connectivity index (χ1n) is 8.01. The molecule has 2 rings (SSSR count). The van der Waals surface area contributed by atoms with Crippen LogP contribution in [0, 0.1) is 17.8 Å². The number of nitrogens with zero attached hydrogens (tertiary/aromatic N) is 1. The molecule has 2 aliphatic rings. The first kappa shape index (κ1) is 15.3. The monoisotopic (exact) mass is 280 g/mol. The molecule has 2 amide bonds. The molecule has 0 bridgehead atoms. The van der Waals surface area contributed by atoms with Crippen LogP contribution in [0.25, 0.3) is 0 Å². The molecule has 1 aliphatic heterocycles. The molecule has 114 valence electrons. The third-order valence-corrected chi connectivity index (χ3v) is 5.02. The topological polar surface area (TPSA) is 49.4 Å². The molecule has 0 aromatic rings. The van der Waals surface area contributed by atoms with Gasteiger partial charge in [0.25, 0.3) is 0 Å². The molecule has 1 N–H and O–H groups in total. The molecule has 4 atom stereocenters. The number of nitrogens with one attached hydrogen (secondary N) is 1. The highest BCUT2D eigenvalue weighted by molar-refractivity contribution is 5.97. The fourth-order valence-corrected chi connectivity index (χ4v) is 3.17. The van der Waals surface area contributed by atoms with Gasteiger partial charge in [-0.25, -0.2) is 0 Å². The fraction of sp³-hybridized carbons (Fsp3) is 0.875. The predicted molar refractivity (Wildman–Crippen MR) is 79.0 cm³/mol. The maximum Gasteiger partial charge on any atom is 0.246 e. The molecule has 4 unspecified atom stereocenters. The molecular weight excluding hydrogens is 252 g/mol. The molecule has 1 aliphatic carbocycles. The van der Waals surface area contributed by atoms with Crippen molar-refractivity contribution >= 4 is 11.8 Å². The molecule has 1 saturated heterocycles. The zero-order chi connectivity index (χ0) is 15.0. The van der Waals surface area contributed by atoms with E-state index < -0.39 is 0 Å². The van der Waals surface area contributed by atoms with Crippen LogP contribution in [0.4, 0.5) is 0 Å². The second-order valence-electron chi connectivity index (χ2n) is 6.88. The van der Waals surface area contributed by atoms with Gasteiger partial charge in [-0.15, -0.1) is 0 Å². The number of carbonyl (C=O) groups is 2. The first-order chi connectivity index (χ1) is 9.38. The number of hydrogen-bond donors (Lipinski definition) is 1. The number of piperazine rings is 1. The van der Waals surface area contributed by atoms with E-state index in [1.54, 1.807) is 0 Å². The molecule has 4 nitrogen and oxygen atoms in total. The van der Waals surface area contributed by atoms with E-state index in [-0.39, 0.29) is 35.9 Å². The van der Waals surface area contributed by atoms with Crippen LogP contribution in [0.5, 0.6) is 0 Å². The highest BCUT2D eigenvalue weighted by atomic mass is 16.2. The van der Waals surface area contributed by atoms with Gasteiger partial charge in [0.15, 0.2) is 0 Å². The lowest BCUT2D eigenvalue weighted by Gasteiger charge is -2.45. The van der Waals surface area contributed by atoms with E-state index in [0.29, 0.717) is 11.8 Å². The highest BCUT2D eigenvalue weighted by Crippen LogP contribution is 2.36. The summed E-state index contributed by atoms with van der Waals surface area (Å²) >= 11 is 0. The van der Waals surface area contributed by atoms with Gasteiger partial charge in [0.2, 0.25) is 11.8 Å². The summed E-state index contributed by atoms with van der Waals surface area (Å²) in [6, 6.07) is -0.474. The largest absolute Gasteiger partial charge is 0.342 e. The van der Waals surface area contributed by atoms with Crippen molar-refractivity contribution in [1.82, 2.24) is 10.2 Å². The first-order valence-corrected chi connectivity index (χ1v) is 8.01. The molecule has 20 heavy (non-hydrogen) atoms. The van der Waals surface area contributed by atoms with Crippen molar-refractivity contribution < 1.29 is 9.59 Å². The van der Waals surface area contributed by atoms with E-state index in [9.17, 15) is 9.59 Å². The van der Waals surface area contributed by atoms with Gasteiger partial charge in [-0.2, -0.15) is 0 Å². The zero-order valence-electron chi connectivity index (χ0n) is 13.3. The Balaban J connectivity index is 2.28. The third kappa shape index (κ3) is 2.70. The average Bonchev–Trinajstić information content (AvgIpc) is 3.22. The van der Waals surface area contributed by atoms with Gasteiger partial charge in [-0.05, 0) is 37.5 Å². The standard InChI is InChI=1S/C16H28N2O2/c1-6-10(4)11(5)18-14(9(2)3)15(19)17-13(16(18)20)12-7-8-12/h9-14H,6-8H2,1-5H3,(H,17,19). The SMILES string of the molecule is CCC(C)C(C)N1C(=O)C(C2CC2)NC(=O)C1C(C)C. The van der Waals surface area contributed by atoms with Gasteiger partial charge in [-0.3, -0.25) is 9.59 Å². The predicted octanol–water partition coefficient (Wildman–Crippen LogP) is 2.18. The van der Waals surface area contributed by atoms with Gasteiger partial charge in [0, 0.05) is 6.04 Å². The van der Waals surface area contributed by atoms with E-state index in [2.05, 4.69) is 26.1 Å². The Morgan fingerprint density at radius 1 is 1.20 bits per heavy atom. The van der Waals surface area contributed by atoms with E-state index in [4.69, 9.17) is 0 Å². The van der Waals surface area contributed by atoms with E-state index >= 15 is 0 Å². The average molecular weight is 280 g/mol. The molecular formula is C16H28N2O2. The van der Waals surface area contributed by atoms with Gasteiger partial charge in [0.05, 0.1) is 0 Å². The Labute approximate surface area is 122 Å². The lowest BCUT2D eigenvalue weighted by Crippen LogP contribution is -2.68. The van der Waals surface area contributed by atoms with Crippen LogP contribution in [0.1, 0.15) is 53.9 Å². The lowest BCUT2D eigenvalue weighted by molar-refractivity contribution is -0.155. The second-order valence-corrected chi connectivity index (χ2v) is 6.88. The van der Waals surface area contributed by atoms with Crippen molar-refractivity contribution in [3.8, 4) is 0 Å². The van der Waals surface area contributed by atoms with Gasteiger partial charge >= 0.3 is 0 Å². The Hall–Kier alpha value is -1.06. The van der Waals surface area contributed by atoms with Gasteiger partial charge < -0.3 is 10.2 Å². The lowest BCUT2D eigenvalue weighted by atomic mass is 9.90. The highest BCUT2D eigenvalue weighted by Gasteiger charge is 2.49. The Bertz CT molecular complexity index is 390. The Morgan fingerprint density at radius 2 is 1.80 bits per heavy atom. The van der Waals surface area contributed by atoms with Crippen LogP contribution < -0.4 is 5.32 Å². The smallest absolute Gasteiger partial charge is 0.246 e. The molecule has 1 saturated carbocycles. The molecule has 0 spiro atoms. The van der Waals surface area contributed by atoms with Crippen molar-refractivity contribution in [2.45, 2.75) is 72.0 Å². The van der Waals surface area contributed by atoms with E-state index in [1.807, 2.05) is 18.7 Å². The normalized spacial score (nSPS) is 30.4. The fourth-order valence-electron chi connectivity index (χ4n) is 3.17. The minimum Gasteiger partial charge on any atom is -0.342 e. The van der Waals surface area contributed by atoms with Crippen molar-refractivity contribution in [2.75, 3.05) is 0 Å². The van der Waals surface area contributed by atoms with Gasteiger partial charge in [0.1, 0.15) is 12.1 Å². The minimum atomic E-state index is -0.318. The van der Waals surface area contributed by atoms with Crippen LogP contribution in [-0.2, 0) is 9.59 Å². The van der Waals surface area contributed by atoms with Crippen LogP contribution in [-0.4, -0.2) is 34.8 Å². The quantitative estimate of drug-likeness (QED) is 0.839.